The molecular weight excluding hydrogens is 232 g/mol. The number of pyridine rings is 1. The molecule has 0 aliphatic carbocycles. The van der Waals surface area contributed by atoms with Gasteiger partial charge in [-0.1, -0.05) is 18.3 Å². The fourth-order valence-electron chi connectivity index (χ4n) is 1.58. The maximum Gasteiger partial charge on any atom is 0.149 e. The average Bonchev–Trinajstić information content (AvgIpc) is 2.75. The van der Waals surface area contributed by atoms with Crippen LogP contribution < -0.4 is 5.32 Å². The molecule has 2 aromatic heterocycles. The van der Waals surface area contributed by atoms with E-state index >= 15 is 0 Å². The van der Waals surface area contributed by atoms with E-state index in [9.17, 15) is 0 Å². The van der Waals surface area contributed by atoms with Crippen LogP contribution in [0, 0.1) is 13.8 Å². The van der Waals surface area contributed by atoms with Crippen molar-refractivity contribution in [1.29, 1.82) is 0 Å². The number of aromatic nitrogens is 3. The molecule has 0 saturated heterocycles. The molecule has 0 atom stereocenters. The third-order valence-electron chi connectivity index (χ3n) is 2.45. The number of hydrogen-bond acceptors (Lipinski definition) is 5. The first-order chi connectivity index (χ1) is 8.20. The van der Waals surface area contributed by atoms with E-state index in [-0.39, 0.29) is 0 Å². The van der Waals surface area contributed by atoms with Gasteiger partial charge in [0, 0.05) is 23.5 Å². The Morgan fingerprint density at radius 2 is 2.06 bits per heavy atom. The molecule has 2 aromatic rings. The van der Waals surface area contributed by atoms with Gasteiger partial charge in [0.25, 0.3) is 0 Å². The van der Waals surface area contributed by atoms with Crippen LogP contribution >= 0.6 is 11.3 Å². The topological polar surface area (TPSA) is 50.7 Å². The Morgan fingerprint density at radius 1 is 1.24 bits per heavy atom. The van der Waals surface area contributed by atoms with Gasteiger partial charge in [-0.15, -0.1) is 10.2 Å². The Bertz CT molecular complexity index is 507. The summed E-state index contributed by atoms with van der Waals surface area (Å²) in [6.07, 6.45) is 0. The second-order valence-corrected chi connectivity index (χ2v) is 4.93. The molecule has 0 aliphatic rings. The standard InChI is InChI=1S/C12H16N4S/c1-4-13-7-11-15-16-12(17-11)10-6-5-8(2)14-9(10)3/h5-6,13H,4,7H2,1-3H3. The largest absolute Gasteiger partial charge is 0.311 e. The molecule has 2 heterocycles. The summed E-state index contributed by atoms with van der Waals surface area (Å²) in [5.74, 6) is 0. The van der Waals surface area contributed by atoms with Gasteiger partial charge >= 0.3 is 0 Å². The molecule has 5 heteroatoms. The number of nitrogens with one attached hydrogen (secondary N) is 1. The van der Waals surface area contributed by atoms with E-state index in [2.05, 4.69) is 33.5 Å². The Morgan fingerprint density at radius 3 is 2.76 bits per heavy atom. The third-order valence-corrected chi connectivity index (χ3v) is 3.41. The van der Waals surface area contributed by atoms with Crippen LogP contribution in [-0.2, 0) is 6.54 Å². The highest BCUT2D eigenvalue weighted by Gasteiger charge is 2.09. The van der Waals surface area contributed by atoms with Crippen LogP contribution in [0.25, 0.3) is 10.6 Å². The monoisotopic (exact) mass is 248 g/mol. The van der Waals surface area contributed by atoms with E-state index in [1.807, 2.05) is 19.9 Å². The molecule has 0 spiro atoms. The number of rotatable bonds is 4. The molecule has 0 amide bonds. The van der Waals surface area contributed by atoms with Gasteiger partial charge in [-0.05, 0) is 32.5 Å². The van der Waals surface area contributed by atoms with Crippen LogP contribution in [0.1, 0.15) is 23.3 Å². The predicted molar refractivity (Wildman–Crippen MR) is 70.0 cm³/mol. The van der Waals surface area contributed by atoms with Crippen molar-refractivity contribution in [3.8, 4) is 10.6 Å². The van der Waals surface area contributed by atoms with Gasteiger partial charge in [0.05, 0.1) is 0 Å². The van der Waals surface area contributed by atoms with Crippen molar-refractivity contribution in [3.63, 3.8) is 0 Å². The zero-order valence-corrected chi connectivity index (χ0v) is 11.1. The lowest BCUT2D eigenvalue weighted by atomic mass is 10.2. The van der Waals surface area contributed by atoms with Gasteiger partial charge in [0.15, 0.2) is 0 Å². The number of nitrogens with zero attached hydrogens (tertiary/aromatic N) is 3. The van der Waals surface area contributed by atoms with Crippen LogP contribution in [0.5, 0.6) is 0 Å². The highest BCUT2D eigenvalue weighted by Crippen LogP contribution is 2.25. The van der Waals surface area contributed by atoms with E-state index in [0.717, 1.165) is 40.1 Å². The molecule has 0 bridgehead atoms. The first-order valence-corrected chi connectivity index (χ1v) is 6.50. The lowest BCUT2D eigenvalue weighted by Gasteiger charge is -2.01. The molecule has 0 aromatic carbocycles. The zero-order valence-electron chi connectivity index (χ0n) is 10.3. The minimum atomic E-state index is 0.784. The molecule has 0 radical (unpaired) electrons. The maximum absolute atomic E-state index is 4.44. The van der Waals surface area contributed by atoms with E-state index in [1.165, 1.54) is 0 Å². The van der Waals surface area contributed by atoms with E-state index in [4.69, 9.17) is 0 Å². The van der Waals surface area contributed by atoms with Crippen LogP contribution in [0.3, 0.4) is 0 Å². The highest BCUT2D eigenvalue weighted by molar-refractivity contribution is 7.14. The van der Waals surface area contributed by atoms with Crippen molar-refractivity contribution in [3.05, 3.63) is 28.5 Å². The fourth-order valence-corrected chi connectivity index (χ4v) is 2.46. The summed E-state index contributed by atoms with van der Waals surface area (Å²) in [7, 11) is 0. The predicted octanol–water partition coefficient (Wildman–Crippen LogP) is 2.33. The van der Waals surface area contributed by atoms with Crippen molar-refractivity contribution >= 4 is 11.3 Å². The minimum absolute atomic E-state index is 0.784. The van der Waals surface area contributed by atoms with Crippen molar-refractivity contribution in [2.75, 3.05) is 6.54 Å². The lowest BCUT2D eigenvalue weighted by molar-refractivity contribution is 0.715. The summed E-state index contributed by atoms with van der Waals surface area (Å²) in [6, 6.07) is 4.07. The molecule has 0 fully saturated rings. The molecule has 0 unspecified atom stereocenters. The molecule has 4 nitrogen and oxygen atoms in total. The summed E-state index contributed by atoms with van der Waals surface area (Å²) in [6.45, 7) is 7.81. The van der Waals surface area contributed by atoms with E-state index in [0.29, 0.717) is 0 Å². The summed E-state index contributed by atoms with van der Waals surface area (Å²) in [5, 5.41) is 13.6. The van der Waals surface area contributed by atoms with Gasteiger partial charge < -0.3 is 5.32 Å². The quantitative estimate of drug-likeness (QED) is 0.902. The van der Waals surface area contributed by atoms with Gasteiger partial charge in [-0.2, -0.15) is 0 Å². The van der Waals surface area contributed by atoms with Crippen LogP contribution in [0.2, 0.25) is 0 Å². The van der Waals surface area contributed by atoms with Crippen LogP contribution in [0.15, 0.2) is 12.1 Å². The van der Waals surface area contributed by atoms with Crippen molar-refractivity contribution in [1.82, 2.24) is 20.5 Å². The lowest BCUT2D eigenvalue weighted by Crippen LogP contribution is -2.11. The van der Waals surface area contributed by atoms with Crippen molar-refractivity contribution in [2.24, 2.45) is 0 Å². The Balaban J connectivity index is 2.24. The van der Waals surface area contributed by atoms with Gasteiger partial charge in [0.2, 0.25) is 0 Å². The highest BCUT2D eigenvalue weighted by atomic mass is 32.1. The van der Waals surface area contributed by atoms with Crippen LogP contribution in [-0.4, -0.2) is 21.7 Å². The van der Waals surface area contributed by atoms with Crippen molar-refractivity contribution < 1.29 is 0 Å². The van der Waals surface area contributed by atoms with Gasteiger partial charge in [-0.25, -0.2) is 0 Å². The summed E-state index contributed by atoms with van der Waals surface area (Å²) >= 11 is 1.62. The Hall–Kier alpha value is -1.33. The number of hydrogen-bond donors (Lipinski definition) is 1. The molecule has 0 aliphatic heterocycles. The SMILES string of the molecule is CCNCc1nnc(-c2ccc(C)nc2C)s1. The third kappa shape index (κ3) is 2.87. The first kappa shape index (κ1) is 12.1. The second-order valence-electron chi connectivity index (χ2n) is 3.87. The molecule has 1 N–H and O–H groups in total. The first-order valence-electron chi connectivity index (χ1n) is 5.68. The molecule has 2 rings (SSSR count). The second kappa shape index (κ2) is 5.33. The van der Waals surface area contributed by atoms with Gasteiger partial charge in [0.1, 0.15) is 10.0 Å². The Labute approximate surface area is 105 Å². The molecule has 0 saturated carbocycles. The molecular formula is C12H16N4S. The fraction of sp³-hybridized carbons (Fsp3) is 0.417. The molecule has 90 valence electrons. The van der Waals surface area contributed by atoms with Crippen molar-refractivity contribution in [2.45, 2.75) is 27.3 Å². The summed E-state index contributed by atoms with van der Waals surface area (Å²) in [5.41, 5.74) is 3.12. The maximum atomic E-state index is 4.44. The minimum Gasteiger partial charge on any atom is -0.311 e. The Kier molecular flexibility index (Phi) is 3.81. The smallest absolute Gasteiger partial charge is 0.149 e. The van der Waals surface area contributed by atoms with Crippen LogP contribution in [0.4, 0.5) is 0 Å². The summed E-state index contributed by atoms with van der Waals surface area (Å²) < 4.78 is 0. The molecule has 17 heavy (non-hydrogen) atoms. The summed E-state index contributed by atoms with van der Waals surface area (Å²) in [4.78, 5) is 4.44. The van der Waals surface area contributed by atoms with E-state index in [1.54, 1.807) is 11.3 Å². The zero-order chi connectivity index (χ0) is 12.3. The normalized spacial score (nSPS) is 10.8. The van der Waals surface area contributed by atoms with Gasteiger partial charge in [-0.3, -0.25) is 4.98 Å². The average molecular weight is 248 g/mol. The number of aryl methyl sites for hydroxylation is 2. The van der Waals surface area contributed by atoms with E-state index < -0.39 is 0 Å².